The molecule has 1 aromatic heterocycles. The predicted octanol–water partition coefficient (Wildman–Crippen LogP) is 4.59. The molecule has 31 heavy (non-hydrogen) atoms. The Kier molecular flexibility index (Phi) is 6.35. The lowest BCUT2D eigenvalue weighted by atomic mass is 10.0. The van der Waals surface area contributed by atoms with Gasteiger partial charge in [-0.3, -0.25) is 9.48 Å². The molecule has 2 aromatic rings. The van der Waals surface area contributed by atoms with Gasteiger partial charge in [-0.2, -0.15) is 44.6 Å². The SMILES string of the molecule is COC(=O)Cc1c(C#Cc2cc(C(F)(F)F)cc(C(F)(F)F)c2)c(C(F)(F)F)nn1C. The average Bonchev–Trinajstić information content (AvgIpc) is 2.94. The van der Waals surface area contributed by atoms with Gasteiger partial charge in [0.1, 0.15) is 0 Å². The van der Waals surface area contributed by atoms with Gasteiger partial charge in [0, 0.05) is 12.6 Å². The highest BCUT2D eigenvalue weighted by Gasteiger charge is 2.39. The number of nitrogens with zero attached hydrogens (tertiary/aromatic N) is 2. The van der Waals surface area contributed by atoms with E-state index in [0.29, 0.717) is 4.68 Å². The molecule has 0 aliphatic rings. The summed E-state index contributed by atoms with van der Waals surface area (Å²) in [7, 11) is 2.03. The molecule has 0 N–H and O–H groups in total. The summed E-state index contributed by atoms with van der Waals surface area (Å²) in [4.78, 5) is 11.5. The summed E-state index contributed by atoms with van der Waals surface area (Å²) in [5.74, 6) is 2.84. The third kappa shape index (κ3) is 5.71. The van der Waals surface area contributed by atoms with Crippen molar-refractivity contribution in [2.24, 2.45) is 7.05 Å². The zero-order valence-electron chi connectivity index (χ0n) is 15.6. The standard InChI is InChI=1S/C18H11F9N2O2/c1-29-13(8-14(30)31-2)12(15(28-29)18(25,26)27)4-3-9-5-10(16(19,20)21)7-11(6-9)17(22,23)24/h5-7H,8H2,1-2H3. The fraction of sp³-hybridized carbons (Fsp3) is 0.333. The zero-order valence-corrected chi connectivity index (χ0v) is 15.6. The summed E-state index contributed by atoms with van der Waals surface area (Å²) in [5, 5.41) is 3.22. The van der Waals surface area contributed by atoms with Crippen molar-refractivity contribution in [3.63, 3.8) is 0 Å². The Bertz CT molecular complexity index is 1020. The third-order valence-electron chi connectivity index (χ3n) is 3.89. The minimum atomic E-state index is -5.15. The monoisotopic (exact) mass is 458 g/mol. The van der Waals surface area contributed by atoms with Gasteiger partial charge in [-0.1, -0.05) is 11.8 Å². The number of ether oxygens (including phenoxy) is 1. The molecule has 0 spiro atoms. The number of halogens is 9. The second kappa shape index (κ2) is 8.16. The summed E-state index contributed by atoms with van der Waals surface area (Å²) in [6.07, 6.45) is -16.1. The molecule has 13 heteroatoms. The van der Waals surface area contributed by atoms with Gasteiger partial charge in [0.2, 0.25) is 0 Å². The van der Waals surface area contributed by atoms with Crippen LogP contribution in [-0.4, -0.2) is 22.9 Å². The smallest absolute Gasteiger partial charge is 0.436 e. The van der Waals surface area contributed by atoms with Gasteiger partial charge in [-0.25, -0.2) is 0 Å². The van der Waals surface area contributed by atoms with Crippen molar-refractivity contribution in [1.29, 1.82) is 0 Å². The molecule has 0 atom stereocenters. The van der Waals surface area contributed by atoms with Crippen molar-refractivity contribution < 1.29 is 49.0 Å². The molecule has 0 amide bonds. The van der Waals surface area contributed by atoms with Crippen molar-refractivity contribution in [1.82, 2.24) is 9.78 Å². The molecule has 0 aliphatic heterocycles. The van der Waals surface area contributed by atoms with Crippen molar-refractivity contribution in [3.05, 3.63) is 51.8 Å². The third-order valence-corrected chi connectivity index (χ3v) is 3.89. The molecule has 4 nitrogen and oxygen atoms in total. The summed E-state index contributed by atoms with van der Waals surface area (Å²) < 4.78 is 123. The van der Waals surface area contributed by atoms with E-state index >= 15 is 0 Å². The average molecular weight is 458 g/mol. The van der Waals surface area contributed by atoms with Gasteiger partial charge < -0.3 is 4.74 Å². The van der Waals surface area contributed by atoms with Gasteiger partial charge in [0.25, 0.3) is 0 Å². The molecule has 0 aliphatic carbocycles. The molecule has 2 rings (SSSR count). The first kappa shape index (κ1) is 24.1. The minimum absolute atomic E-state index is 0.140. The molecular formula is C18H11F9N2O2. The van der Waals surface area contributed by atoms with Gasteiger partial charge in [-0.05, 0) is 18.2 Å². The Morgan fingerprint density at radius 1 is 0.935 bits per heavy atom. The first-order chi connectivity index (χ1) is 14.0. The first-order valence-electron chi connectivity index (χ1n) is 8.05. The molecule has 0 unspecified atom stereocenters. The van der Waals surface area contributed by atoms with Crippen LogP contribution in [0.15, 0.2) is 18.2 Å². The molecule has 0 bridgehead atoms. The fourth-order valence-corrected chi connectivity index (χ4v) is 2.46. The van der Waals surface area contributed by atoms with Crippen LogP contribution in [0.3, 0.4) is 0 Å². The maximum absolute atomic E-state index is 13.3. The molecule has 0 radical (unpaired) electrons. The maximum Gasteiger partial charge on any atom is 0.436 e. The highest BCUT2D eigenvalue weighted by atomic mass is 19.4. The molecule has 1 heterocycles. The Balaban J connectivity index is 2.70. The van der Waals surface area contributed by atoms with Gasteiger partial charge in [-0.15, -0.1) is 0 Å². The Morgan fingerprint density at radius 2 is 1.45 bits per heavy atom. The molecule has 0 saturated carbocycles. The molecule has 0 saturated heterocycles. The molecule has 1 aromatic carbocycles. The topological polar surface area (TPSA) is 44.1 Å². The Labute approximate surface area is 168 Å². The lowest BCUT2D eigenvalue weighted by molar-refractivity contribution is -0.143. The van der Waals surface area contributed by atoms with Crippen molar-refractivity contribution in [2.45, 2.75) is 24.9 Å². The number of carbonyl (C=O) groups is 1. The van der Waals surface area contributed by atoms with Crippen LogP contribution in [0.25, 0.3) is 0 Å². The van der Waals surface area contributed by atoms with Crippen LogP contribution in [0.1, 0.15) is 33.6 Å². The lowest BCUT2D eigenvalue weighted by Crippen LogP contribution is -2.11. The first-order valence-corrected chi connectivity index (χ1v) is 8.05. The van der Waals surface area contributed by atoms with Crippen LogP contribution in [0, 0.1) is 11.8 Å². The summed E-state index contributed by atoms with van der Waals surface area (Å²) >= 11 is 0. The summed E-state index contributed by atoms with van der Waals surface area (Å²) in [6.45, 7) is 0. The van der Waals surface area contributed by atoms with Crippen LogP contribution < -0.4 is 0 Å². The van der Waals surface area contributed by atoms with E-state index in [0.717, 1.165) is 14.2 Å². The quantitative estimate of drug-likeness (QED) is 0.376. The zero-order chi connectivity index (χ0) is 23.8. The highest BCUT2D eigenvalue weighted by molar-refractivity contribution is 5.73. The number of aromatic nitrogens is 2. The number of esters is 1. The number of carbonyl (C=O) groups excluding carboxylic acids is 1. The molecule has 0 fully saturated rings. The van der Waals surface area contributed by atoms with E-state index in [1.54, 1.807) is 0 Å². The van der Waals surface area contributed by atoms with Gasteiger partial charge in [0.15, 0.2) is 5.69 Å². The predicted molar refractivity (Wildman–Crippen MR) is 86.4 cm³/mol. The Hall–Kier alpha value is -3.17. The number of hydrogen-bond donors (Lipinski definition) is 0. The maximum atomic E-state index is 13.3. The molecular weight excluding hydrogens is 447 g/mol. The van der Waals surface area contributed by atoms with Crippen molar-refractivity contribution >= 4 is 5.97 Å². The number of aryl methyl sites for hydroxylation is 1. The van der Waals surface area contributed by atoms with E-state index in [-0.39, 0.29) is 23.9 Å². The summed E-state index contributed by atoms with van der Waals surface area (Å²) in [5.41, 5.74) is -6.99. The largest absolute Gasteiger partial charge is 0.469 e. The van der Waals surface area contributed by atoms with Gasteiger partial charge in [0.05, 0.1) is 35.9 Å². The van der Waals surface area contributed by atoms with Crippen molar-refractivity contribution in [2.75, 3.05) is 7.11 Å². The second-order valence-corrected chi connectivity index (χ2v) is 6.09. The van der Waals surface area contributed by atoms with Crippen LogP contribution in [-0.2, 0) is 41.5 Å². The van der Waals surface area contributed by atoms with Crippen LogP contribution in [0.2, 0.25) is 0 Å². The van der Waals surface area contributed by atoms with E-state index < -0.39 is 58.9 Å². The number of rotatable bonds is 2. The Morgan fingerprint density at radius 3 is 1.87 bits per heavy atom. The van der Waals surface area contributed by atoms with E-state index in [1.807, 2.05) is 11.8 Å². The number of alkyl halides is 9. The summed E-state index contributed by atoms with van der Waals surface area (Å²) in [6, 6.07) is 0.400. The number of methoxy groups -OCH3 is 1. The van der Waals surface area contributed by atoms with Crippen LogP contribution >= 0.6 is 0 Å². The van der Waals surface area contributed by atoms with E-state index in [2.05, 4.69) is 9.84 Å². The van der Waals surface area contributed by atoms with Crippen LogP contribution in [0.4, 0.5) is 39.5 Å². The van der Waals surface area contributed by atoms with Gasteiger partial charge >= 0.3 is 24.5 Å². The number of hydrogen-bond acceptors (Lipinski definition) is 3. The number of benzene rings is 1. The minimum Gasteiger partial charge on any atom is -0.469 e. The lowest BCUT2D eigenvalue weighted by Gasteiger charge is -2.12. The van der Waals surface area contributed by atoms with Crippen molar-refractivity contribution in [3.8, 4) is 11.8 Å². The highest BCUT2D eigenvalue weighted by Crippen LogP contribution is 2.36. The van der Waals surface area contributed by atoms with E-state index in [9.17, 15) is 44.3 Å². The van der Waals surface area contributed by atoms with Crippen LogP contribution in [0.5, 0.6) is 0 Å². The molecule has 168 valence electrons. The fourth-order valence-electron chi connectivity index (χ4n) is 2.46. The van der Waals surface area contributed by atoms with E-state index in [4.69, 9.17) is 0 Å². The second-order valence-electron chi connectivity index (χ2n) is 6.09. The normalized spacial score (nSPS) is 12.4. The van der Waals surface area contributed by atoms with E-state index in [1.165, 1.54) is 0 Å².